The number of hydrogen-bond acceptors (Lipinski definition) is 1. The second kappa shape index (κ2) is 7.90. The molecule has 0 amide bonds. The van der Waals surface area contributed by atoms with Crippen LogP contribution in [0.25, 0.3) is 43.8 Å². The molecule has 0 fully saturated rings. The van der Waals surface area contributed by atoms with Crippen molar-refractivity contribution >= 4 is 21.5 Å². The van der Waals surface area contributed by atoms with Crippen LogP contribution < -0.4 is 0 Å². The van der Waals surface area contributed by atoms with E-state index in [0.29, 0.717) is 0 Å². The minimum atomic E-state index is -0.495. The summed E-state index contributed by atoms with van der Waals surface area (Å²) < 4.78 is 14.2. The van der Waals surface area contributed by atoms with Gasteiger partial charge in [-0.3, -0.25) is 0 Å². The highest BCUT2D eigenvalue weighted by atomic mass is 19.1. The van der Waals surface area contributed by atoms with Crippen LogP contribution in [0.2, 0.25) is 0 Å². The van der Waals surface area contributed by atoms with Crippen molar-refractivity contribution in [2.75, 3.05) is 0 Å². The molecule has 36 heavy (non-hydrogen) atoms. The lowest BCUT2D eigenvalue weighted by atomic mass is 9.80. The van der Waals surface area contributed by atoms with Crippen LogP contribution in [-0.2, 0) is 0 Å². The fraction of sp³-hybridized carbons (Fsp3) is 0.0294. The van der Waals surface area contributed by atoms with E-state index >= 15 is 0 Å². The number of nitrogens with zero attached hydrogens (tertiary/aromatic N) is 1. The van der Waals surface area contributed by atoms with E-state index in [2.05, 4.69) is 97.1 Å². The minimum Gasteiger partial charge on any atom is -0.206 e. The number of rotatable bonds is 2. The quantitative estimate of drug-likeness (QED) is 0.236. The van der Waals surface area contributed by atoms with E-state index in [4.69, 9.17) is 0 Å². The highest BCUT2D eigenvalue weighted by Gasteiger charge is 2.32. The van der Waals surface area contributed by atoms with E-state index in [9.17, 15) is 9.65 Å². The molecule has 0 N–H and O–H groups in total. The molecule has 0 aromatic heterocycles. The average Bonchev–Trinajstić information content (AvgIpc) is 3.26. The minimum absolute atomic E-state index is 0.0587. The molecule has 0 spiro atoms. The summed E-state index contributed by atoms with van der Waals surface area (Å²) in [5.74, 6) is -0.394. The first-order valence-corrected chi connectivity index (χ1v) is 12.1. The van der Waals surface area contributed by atoms with E-state index in [1.807, 2.05) is 6.07 Å². The number of nitriles is 1. The van der Waals surface area contributed by atoms with E-state index in [1.165, 1.54) is 44.7 Å². The van der Waals surface area contributed by atoms with Crippen LogP contribution in [0.5, 0.6) is 0 Å². The molecule has 0 saturated heterocycles. The van der Waals surface area contributed by atoms with Crippen LogP contribution in [0.15, 0.2) is 115 Å². The highest BCUT2D eigenvalue weighted by Crippen LogP contribution is 2.52. The third kappa shape index (κ3) is 2.87. The predicted molar refractivity (Wildman–Crippen MR) is 144 cm³/mol. The van der Waals surface area contributed by atoms with Crippen LogP contribution in [-0.4, -0.2) is 0 Å². The molecule has 0 heterocycles. The van der Waals surface area contributed by atoms with Crippen LogP contribution in [0.3, 0.4) is 0 Å². The zero-order valence-electron chi connectivity index (χ0n) is 19.4. The largest absolute Gasteiger partial charge is 0.206 e. The monoisotopic (exact) mass is 461 g/mol. The zero-order valence-corrected chi connectivity index (χ0v) is 19.4. The van der Waals surface area contributed by atoms with Gasteiger partial charge in [0.15, 0.2) is 0 Å². The maximum Gasteiger partial charge on any atom is 0.140 e. The molecule has 0 aliphatic heterocycles. The van der Waals surface area contributed by atoms with Crippen molar-refractivity contribution in [3.8, 4) is 28.3 Å². The molecule has 6 aromatic rings. The third-order valence-electron chi connectivity index (χ3n) is 7.47. The van der Waals surface area contributed by atoms with Gasteiger partial charge < -0.3 is 0 Å². The Labute approximate surface area is 208 Å². The Balaban J connectivity index is 1.64. The van der Waals surface area contributed by atoms with Gasteiger partial charge in [0.05, 0.1) is 5.56 Å². The second-order valence-electron chi connectivity index (χ2n) is 9.29. The maximum absolute atomic E-state index is 14.2. The Kier molecular flexibility index (Phi) is 4.53. The first-order chi connectivity index (χ1) is 17.8. The zero-order chi connectivity index (χ0) is 24.2. The SMILES string of the molecule is N#Cc1cc(-c2c3ccccc3c(C3c4ccccc4-c4ccccc43)c3ccccc23)ccc1F. The Morgan fingerprint density at radius 1 is 0.583 bits per heavy atom. The molecular formula is C34H20FN. The van der Waals surface area contributed by atoms with Crippen molar-refractivity contribution in [1.29, 1.82) is 5.26 Å². The van der Waals surface area contributed by atoms with Gasteiger partial charge in [0.1, 0.15) is 11.9 Å². The van der Waals surface area contributed by atoms with E-state index in [-0.39, 0.29) is 11.5 Å². The normalized spacial score (nSPS) is 12.4. The summed E-state index contributed by atoms with van der Waals surface area (Å²) in [6.45, 7) is 0. The molecule has 6 aromatic carbocycles. The smallest absolute Gasteiger partial charge is 0.140 e. The molecule has 0 bridgehead atoms. The Morgan fingerprint density at radius 3 is 1.64 bits per heavy atom. The van der Waals surface area contributed by atoms with Gasteiger partial charge in [0.25, 0.3) is 0 Å². The van der Waals surface area contributed by atoms with Gasteiger partial charge in [0, 0.05) is 5.92 Å². The molecule has 0 radical (unpaired) electrons. The fourth-order valence-electron chi connectivity index (χ4n) is 6.02. The topological polar surface area (TPSA) is 23.8 Å². The first-order valence-electron chi connectivity index (χ1n) is 12.1. The van der Waals surface area contributed by atoms with Gasteiger partial charge in [-0.25, -0.2) is 4.39 Å². The van der Waals surface area contributed by atoms with Gasteiger partial charge in [-0.05, 0) is 72.6 Å². The number of benzene rings is 6. The van der Waals surface area contributed by atoms with E-state index in [0.717, 1.165) is 21.9 Å². The maximum atomic E-state index is 14.2. The predicted octanol–water partition coefficient (Wildman–Crippen LogP) is 8.83. The van der Waals surface area contributed by atoms with E-state index in [1.54, 1.807) is 12.1 Å². The summed E-state index contributed by atoms with van der Waals surface area (Å²) in [4.78, 5) is 0. The van der Waals surface area contributed by atoms with Crippen LogP contribution in [0.4, 0.5) is 4.39 Å². The summed E-state index contributed by atoms with van der Waals surface area (Å²) in [6, 6.07) is 41.2. The van der Waals surface area contributed by atoms with Crippen LogP contribution in [0, 0.1) is 17.1 Å². The Bertz CT molecular complexity index is 1770. The molecule has 1 aliphatic carbocycles. The third-order valence-corrected chi connectivity index (χ3v) is 7.47. The lowest BCUT2D eigenvalue weighted by Gasteiger charge is -2.23. The molecule has 168 valence electrons. The molecule has 1 aliphatic rings. The number of hydrogen-bond donors (Lipinski definition) is 0. The van der Waals surface area contributed by atoms with Crippen molar-refractivity contribution in [1.82, 2.24) is 0 Å². The lowest BCUT2D eigenvalue weighted by Crippen LogP contribution is -2.03. The molecule has 7 rings (SSSR count). The van der Waals surface area contributed by atoms with Crippen LogP contribution in [0.1, 0.15) is 28.2 Å². The molecule has 0 saturated carbocycles. The Morgan fingerprint density at radius 2 is 1.08 bits per heavy atom. The Hall–Kier alpha value is -4.74. The van der Waals surface area contributed by atoms with Crippen molar-refractivity contribution in [3.63, 3.8) is 0 Å². The van der Waals surface area contributed by atoms with Crippen molar-refractivity contribution in [2.45, 2.75) is 5.92 Å². The standard InChI is InChI=1S/C34H20FN/c35-31-18-17-21(19-22(31)20-36)32-27-13-5-7-15-29(27)34(30-16-8-6-14-28(30)32)33-25-11-3-1-9-23(25)24-10-2-4-12-26(24)33/h1-19,33H. The lowest BCUT2D eigenvalue weighted by molar-refractivity contribution is 0.624. The van der Waals surface area contributed by atoms with E-state index < -0.39 is 5.82 Å². The first kappa shape index (κ1) is 20.6. The molecular weight excluding hydrogens is 441 g/mol. The van der Waals surface area contributed by atoms with Gasteiger partial charge >= 0.3 is 0 Å². The summed E-state index contributed by atoms with van der Waals surface area (Å²) in [7, 11) is 0. The average molecular weight is 462 g/mol. The van der Waals surface area contributed by atoms with Gasteiger partial charge in [-0.1, -0.05) is 103 Å². The van der Waals surface area contributed by atoms with Crippen LogP contribution >= 0.6 is 0 Å². The van der Waals surface area contributed by atoms with Crippen molar-refractivity contribution in [3.05, 3.63) is 143 Å². The van der Waals surface area contributed by atoms with Gasteiger partial charge in [-0.15, -0.1) is 0 Å². The summed E-state index contributed by atoms with van der Waals surface area (Å²) in [6.07, 6.45) is 0. The molecule has 0 atom stereocenters. The summed E-state index contributed by atoms with van der Waals surface area (Å²) in [5.41, 5.74) is 8.42. The van der Waals surface area contributed by atoms with Crippen molar-refractivity contribution in [2.24, 2.45) is 0 Å². The second-order valence-corrected chi connectivity index (χ2v) is 9.29. The molecule has 0 unspecified atom stereocenters. The van der Waals surface area contributed by atoms with Crippen molar-refractivity contribution < 1.29 is 4.39 Å². The number of halogens is 1. The molecule has 1 nitrogen and oxygen atoms in total. The van der Waals surface area contributed by atoms with Gasteiger partial charge in [0.2, 0.25) is 0 Å². The fourth-order valence-corrected chi connectivity index (χ4v) is 6.02. The number of fused-ring (bicyclic) bond motifs is 5. The summed E-state index contributed by atoms with van der Waals surface area (Å²) >= 11 is 0. The summed E-state index contributed by atoms with van der Waals surface area (Å²) in [5, 5.41) is 14.0. The highest BCUT2D eigenvalue weighted by molar-refractivity contribution is 6.16. The molecule has 2 heteroatoms. The van der Waals surface area contributed by atoms with Gasteiger partial charge in [-0.2, -0.15) is 5.26 Å².